The lowest BCUT2D eigenvalue weighted by Crippen LogP contribution is -2.37. The first-order chi connectivity index (χ1) is 9.69. The largest absolute Gasteiger partial charge is 0.482 e. The summed E-state index contributed by atoms with van der Waals surface area (Å²) in [5, 5.41) is 12.0. The second-order valence-corrected chi connectivity index (χ2v) is 5.02. The lowest BCUT2D eigenvalue weighted by molar-refractivity contribution is -0.118. The van der Waals surface area contributed by atoms with Crippen molar-refractivity contribution >= 4 is 17.5 Å². The molecule has 0 radical (unpaired) electrons. The zero-order chi connectivity index (χ0) is 14.1. The summed E-state index contributed by atoms with van der Waals surface area (Å²) in [5.41, 5.74) is 1.10. The Hall–Kier alpha value is -2.08. The van der Waals surface area contributed by atoms with Crippen LogP contribution in [0.5, 0.6) is 5.75 Å². The SMILES string of the molecule is O=C1COc2cc(C(=O)N3CCC[C@@H]3CO)ccc2N1. The van der Waals surface area contributed by atoms with Gasteiger partial charge in [0.1, 0.15) is 5.75 Å². The average Bonchev–Trinajstić information content (AvgIpc) is 2.94. The Morgan fingerprint density at radius 2 is 2.35 bits per heavy atom. The number of nitrogens with one attached hydrogen (secondary N) is 1. The van der Waals surface area contributed by atoms with Crippen molar-refractivity contribution in [3.05, 3.63) is 23.8 Å². The zero-order valence-electron chi connectivity index (χ0n) is 11.0. The van der Waals surface area contributed by atoms with Crippen LogP contribution in [-0.2, 0) is 4.79 Å². The molecule has 2 aliphatic rings. The Morgan fingerprint density at radius 1 is 1.50 bits per heavy atom. The standard InChI is InChI=1S/C14H16N2O4/c17-7-10-2-1-5-16(10)14(19)9-3-4-11-12(6-9)20-8-13(18)15-11/h3-4,6,10,17H,1-2,5,7-8H2,(H,15,18)/t10-/m1/s1. The number of hydrogen-bond donors (Lipinski definition) is 2. The van der Waals surface area contributed by atoms with Crippen LogP contribution >= 0.6 is 0 Å². The van der Waals surface area contributed by atoms with E-state index in [0.29, 0.717) is 23.5 Å². The minimum absolute atomic E-state index is 0.0107. The predicted molar refractivity (Wildman–Crippen MR) is 71.7 cm³/mol. The number of hydrogen-bond acceptors (Lipinski definition) is 4. The van der Waals surface area contributed by atoms with Gasteiger partial charge in [-0.2, -0.15) is 0 Å². The van der Waals surface area contributed by atoms with E-state index in [1.165, 1.54) is 0 Å². The first-order valence-electron chi connectivity index (χ1n) is 6.67. The second kappa shape index (κ2) is 5.13. The zero-order valence-corrected chi connectivity index (χ0v) is 11.0. The van der Waals surface area contributed by atoms with Gasteiger partial charge in [-0.3, -0.25) is 9.59 Å². The van der Waals surface area contributed by atoms with Gasteiger partial charge in [0, 0.05) is 12.1 Å². The highest BCUT2D eigenvalue weighted by Gasteiger charge is 2.29. The molecule has 1 aromatic rings. The number of nitrogens with zero attached hydrogens (tertiary/aromatic N) is 1. The summed E-state index contributed by atoms with van der Waals surface area (Å²) >= 11 is 0. The van der Waals surface area contributed by atoms with Gasteiger partial charge in [-0.25, -0.2) is 0 Å². The van der Waals surface area contributed by atoms with Gasteiger partial charge in [0.2, 0.25) is 0 Å². The monoisotopic (exact) mass is 276 g/mol. The molecule has 2 amide bonds. The van der Waals surface area contributed by atoms with Crippen LogP contribution in [0.3, 0.4) is 0 Å². The number of aliphatic hydroxyl groups is 1. The molecule has 6 nitrogen and oxygen atoms in total. The van der Waals surface area contributed by atoms with Crippen molar-refractivity contribution in [1.82, 2.24) is 4.90 Å². The topological polar surface area (TPSA) is 78.9 Å². The van der Waals surface area contributed by atoms with E-state index >= 15 is 0 Å². The van der Waals surface area contributed by atoms with Gasteiger partial charge >= 0.3 is 0 Å². The highest BCUT2D eigenvalue weighted by atomic mass is 16.5. The van der Waals surface area contributed by atoms with Gasteiger partial charge in [0.15, 0.2) is 6.61 Å². The van der Waals surface area contributed by atoms with Crippen LogP contribution in [-0.4, -0.2) is 47.6 Å². The molecule has 3 rings (SSSR count). The smallest absolute Gasteiger partial charge is 0.262 e. The van der Waals surface area contributed by atoms with Gasteiger partial charge < -0.3 is 20.1 Å². The van der Waals surface area contributed by atoms with E-state index in [-0.39, 0.29) is 31.1 Å². The van der Waals surface area contributed by atoms with Crippen molar-refractivity contribution in [1.29, 1.82) is 0 Å². The maximum absolute atomic E-state index is 12.4. The van der Waals surface area contributed by atoms with Crippen LogP contribution in [0.4, 0.5) is 5.69 Å². The molecular weight excluding hydrogens is 260 g/mol. The van der Waals surface area contributed by atoms with Crippen LogP contribution in [0.1, 0.15) is 23.2 Å². The summed E-state index contributed by atoms with van der Waals surface area (Å²) in [6.45, 7) is 0.621. The van der Waals surface area contributed by atoms with Crippen LogP contribution in [0, 0.1) is 0 Å². The van der Waals surface area contributed by atoms with Crippen molar-refractivity contribution in [2.24, 2.45) is 0 Å². The third kappa shape index (κ3) is 2.22. The number of rotatable bonds is 2. The number of carbonyl (C=O) groups is 2. The lowest BCUT2D eigenvalue weighted by Gasteiger charge is -2.24. The van der Waals surface area contributed by atoms with E-state index in [2.05, 4.69) is 5.32 Å². The Balaban J connectivity index is 1.84. The molecule has 106 valence electrons. The first-order valence-corrected chi connectivity index (χ1v) is 6.67. The van der Waals surface area contributed by atoms with Gasteiger partial charge in [-0.05, 0) is 31.0 Å². The Kier molecular flexibility index (Phi) is 3.31. The molecule has 0 bridgehead atoms. The fourth-order valence-electron chi connectivity index (χ4n) is 2.67. The highest BCUT2D eigenvalue weighted by molar-refractivity contribution is 5.99. The molecule has 1 aromatic carbocycles. The second-order valence-electron chi connectivity index (χ2n) is 5.02. The van der Waals surface area contributed by atoms with Crippen LogP contribution < -0.4 is 10.1 Å². The molecule has 20 heavy (non-hydrogen) atoms. The summed E-state index contributed by atoms with van der Waals surface area (Å²) in [6, 6.07) is 4.88. The average molecular weight is 276 g/mol. The van der Waals surface area contributed by atoms with Crippen molar-refractivity contribution < 1.29 is 19.4 Å². The molecule has 1 atom stereocenters. The summed E-state index contributed by atoms with van der Waals surface area (Å²) in [7, 11) is 0. The number of ether oxygens (including phenoxy) is 1. The number of benzene rings is 1. The molecule has 1 saturated heterocycles. The molecular formula is C14H16N2O4. The first kappa shape index (κ1) is 12.9. The normalized spacial score (nSPS) is 21.1. The number of anilines is 1. The van der Waals surface area contributed by atoms with Crippen molar-refractivity contribution in [2.45, 2.75) is 18.9 Å². The summed E-state index contributed by atoms with van der Waals surface area (Å²) in [4.78, 5) is 25.3. The molecule has 1 fully saturated rings. The van der Waals surface area contributed by atoms with Crippen molar-refractivity contribution in [3.8, 4) is 5.75 Å². The number of amides is 2. The fraction of sp³-hybridized carbons (Fsp3) is 0.429. The van der Waals surface area contributed by atoms with E-state index < -0.39 is 0 Å². The predicted octanol–water partition coefficient (Wildman–Crippen LogP) is 0.614. The summed E-state index contributed by atoms with van der Waals surface area (Å²) in [5.74, 6) is 0.205. The van der Waals surface area contributed by atoms with Crippen molar-refractivity contribution in [3.63, 3.8) is 0 Å². The Bertz CT molecular complexity index is 558. The Morgan fingerprint density at radius 3 is 3.15 bits per heavy atom. The molecule has 0 spiro atoms. The maximum Gasteiger partial charge on any atom is 0.262 e. The molecule has 0 aromatic heterocycles. The summed E-state index contributed by atoms with van der Waals surface area (Å²) in [6.07, 6.45) is 1.74. The molecule has 0 unspecified atom stereocenters. The van der Waals surface area contributed by atoms with E-state index in [9.17, 15) is 14.7 Å². The number of carbonyl (C=O) groups excluding carboxylic acids is 2. The fourth-order valence-corrected chi connectivity index (χ4v) is 2.67. The number of fused-ring (bicyclic) bond motifs is 1. The number of likely N-dealkylation sites (tertiary alicyclic amines) is 1. The van der Waals surface area contributed by atoms with Gasteiger partial charge in [-0.1, -0.05) is 0 Å². The molecule has 2 N–H and O–H groups in total. The third-order valence-corrected chi connectivity index (χ3v) is 3.71. The van der Waals surface area contributed by atoms with Crippen LogP contribution in [0.25, 0.3) is 0 Å². The van der Waals surface area contributed by atoms with Crippen LogP contribution in [0.15, 0.2) is 18.2 Å². The van der Waals surface area contributed by atoms with E-state index in [4.69, 9.17) is 4.74 Å². The highest BCUT2D eigenvalue weighted by Crippen LogP contribution is 2.30. The maximum atomic E-state index is 12.4. The van der Waals surface area contributed by atoms with E-state index in [0.717, 1.165) is 12.8 Å². The quantitative estimate of drug-likeness (QED) is 0.829. The minimum Gasteiger partial charge on any atom is -0.482 e. The van der Waals surface area contributed by atoms with Crippen molar-refractivity contribution in [2.75, 3.05) is 25.1 Å². The molecule has 0 aliphatic carbocycles. The summed E-state index contributed by atoms with van der Waals surface area (Å²) < 4.78 is 5.31. The molecule has 2 aliphatic heterocycles. The van der Waals surface area contributed by atoms with E-state index in [1.54, 1.807) is 23.1 Å². The molecule has 0 saturated carbocycles. The van der Waals surface area contributed by atoms with Crippen LogP contribution in [0.2, 0.25) is 0 Å². The minimum atomic E-state index is -0.198. The Labute approximate surface area is 116 Å². The van der Waals surface area contributed by atoms with Gasteiger partial charge in [-0.15, -0.1) is 0 Å². The lowest BCUT2D eigenvalue weighted by atomic mass is 10.1. The third-order valence-electron chi connectivity index (χ3n) is 3.71. The molecule has 2 heterocycles. The molecule has 6 heteroatoms. The van der Waals surface area contributed by atoms with E-state index in [1.807, 2.05) is 0 Å². The van der Waals surface area contributed by atoms with Gasteiger partial charge in [0.25, 0.3) is 11.8 Å². The number of aliphatic hydroxyl groups excluding tert-OH is 1. The van der Waals surface area contributed by atoms with Gasteiger partial charge in [0.05, 0.1) is 18.3 Å².